The van der Waals surface area contributed by atoms with Gasteiger partial charge in [0.1, 0.15) is 0 Å². The van der Waals surface area contributed by atoms with E-state index in [4.69, 9.17) is 28.9 Å². The molecule has 3 atom stereocenters. The smallest absolute Gasteiger partial charge is 0.0452 e. The fourth-order valence-corrected chi connectivity index (χ4v) is 3.66. The molecule has 3 unspecified atom stereocenters. The molecule has 1 saturated carbocycles. The monoisotopic (exact) mass is 285 g/mol. The number of nitrogens with two attached hydrogens (primary N) is 1. The van der Waals surface area contributed by atoms with Gasteiger partial charge < -0.3 is 5.73 Å². The molecule has 0 bridgehead atoms. The van der Waals surface area contributed by atoms with E-state index in [-0.39, 0.29) is 0 Å². The molecule has 0 aliphatic heterocycles. The molecule has 0 aromatic heterocycles. The number of benzene rings is 1. The van der Waals surface area contributed by atoms with Crippen LogP contribution in [0.3, 0.4) is 0 Å². The molecular weight excluding hydrogens is 265 g/mol. The van der Waals surface area contributed by atoms with Crippen LogP contribution in [0.15, 0.2) is 18.2 Å². The maximum absolute atomic E-state index is 6.26. The molecule has 1 aromatic carbocycles. The van der Waals surface area contributed by atoms with Crippen molar-refractivity contribution in [3.05, 3.63) is 33.8 Å². The first-order valence-electron chi connectivity index (χ1n) is 6.74. The van der Waals surface area contributed by atoms with Gasteiger partial charge in [0, 0.05) is 10.0 Å². The van der Waals surface area contributed by atoms with Gasteiger partial charge in [0.25, 0.3) is 0 Å². The van der Waals surface area contributed by atoms with E-state index in [0.717, 1.165) is 34.5 Å². The van der Waals surface area contributed by atoms with E-state index in [2.05, 4.69) is 6.92 Å². The van der Waals surface area contributed by atoms with Crippen molar-refractivity contribution in [1.29, 1.82) is 0 Å². The van der Waals surface area contributed by atoms with Gasteiger partial charge >= 0.3 is 0 Å². The van der Waals surface area contributed by atoms with E-state index in [9.17, 15) is 0 Å². The Kier molecular flexibility index (Phi) is 4.94. The van der Waals surface area contributed by atoms with Crippen molar-refractivity contribution < 1.29 is 0 Å². The van der Waals surface area contributed by atoms with Crippen molar-refractivity contribution in [2.75, 3.05) is 6.54 Å². The number of rotatable bonds is 3. The Labute approximate surface area is 120 Å². The van der Waals surface area contributed by atoms with Crippen LogP contribution in [0.1, 0.15) is 31.7 Å². The molecule has 0 spiro atoms. The van der Waals surface area contributed by atoms with E-state index >= 15 is 0 Å². The quantitative estimate of drug-likeness (QED) is 0.867. The Morgan fingerprint density at radius 3 is 2.44 bits per heavy atom. The Balaban J connectivity index is 2.15. The maximum Gasteiger partial charge on any atom is 0.0452 e. The second-order valence-corrected chi connectivity index (χ2v) is 6.39. The van der Waals surface area contributed by atoms with Crippen molar-refractivity contribution in [2.45, 2.75) is 32.6 Å². The van der Waals surface area contributed by atoms with Crippen molar-refractivity contribution in [1.82, 2.24) is 0 Å². The summed E-state index contributed by atoms with van der Waals surface area (Å²) < 4.78 is 0. The highest BCUT2D eigenvalue weighted by Crippen LogP contribution is 2.37. The van der Waals surface area contributed by atoms with Gasteiger partial charge in [0.2, 0.25) is 0 Å². The summed E-state index contributed by atoms with van der Waals surface area (Å²) in [5, 5.41) is 1.58. The van der Waals surface area contributed by atoms with E-state index in [1.54, 1.807) is 0 Å². The zero-order valence-corrected chi connectivity index (χ0v) is 12.3. The minimum atomic E-state index is 0.619. The van der Waals surface area contributed by atoms with E-state index in [0.29, 0.717) is 11.8 Å². The van der Waals surface area contributed by atoms with Gasteiger partial charge in [0.05, 0.1) is 0 Å². The molecule has 1 aliphatic rings. The van der Waals surface area contributed by atoms with Crippen LogP contribution >= 0.6 is 23.2 Å². The third-order valence-corrected chi connectivity index (χ3v) is 4.94. The Morgan fingerprint density at radius 2 is 1.83 bits per heavy atom. The molecule has 0 heterocycles. The van der Waals surface area contributed by atoms with Gasteiger partial charge in [0.15, 0.2) is 0 Å². The minimum absolute atomic E-state index is 0.619. The summed E-state index contributed by atoms with van der Waals surface area (Å²) in [6.07, 6.45) is 4.74. The molecule has 3 heteroatoms. The maximum atomic E-state index is 6.26. The van der Waals surface area contributed by atoms with Crippen molar-refractivity contribution in [3.8, 4) is 0 Å². The molecule has 0 saturated heterocycles. The second-order valence-electron chi connectivity index (χ2n) is 5.58. The zero-order chi connectivity index (χ0) is 13.1. The lowest BCUT2D eigenvalue weighted by Crippen LogP contribution is -2.31. The van der Waals surface area contributed by atoms with Gasteiger partial charge in [-0.3, -0.25) is 0 Å². The lowest BCUT2D eigenvalue weighted by atomic mass is 9.72. The van der Waals surface area contributed by atoms with E-state index < -0.39 is 0 Å². The summed E-state index contributed by atoms with van der Waals surface area (Å²) in [6.45, 7) is 3.10. The largest absolute Gasteiger partial charge is 0.330 e. The highest BCUT2D eigenvalue weighted by Gasteiger charge is 2.28. The zero-order valence-electron chi connectivity index (χ0n) is 10.8. The average Bonchev–Trinajstić information content (AvgIpc) is 2.34. The fraction of sp³-hybridized carbons (Fsp3) is 0.600. The molecule has 1 fully saturated rings. The number of halogens is 2. The van der Waals surface area contributed by atoms with Crippen LogP contribution in [0.2, 0.25) is 10.0 Å². The summed E-state index contributed by atoms with van der Waals surface area (Å²) in [4.78, 5) is 0. The molecule has 100 valence electrons. The Bertz CT molecular complexity index is 385. The Morgan fingerprint density at radius 1 is 1.17 bits per heavy atom. The highest BCUT2D eigenvalue weighted by molar-refractivity contribution is 6.35. The van der Waals surface area contributed by atoms with E-state index in [1.165, 1.54) is 19.3 Å². The second kappa shape index (κ2) is 6.27. The molecule has 1 aliphatic carbocycles. The van der Waals surface area contributed by atoms with Crippen molar-refractivity contribution in [2.24, 2.45) is 23.5 Å². The molecule has 0 amide bonds. The van der Waals surface area contributed by atoms with Crippen LogP contribution in [0, 0.1) is 17.8 Å². The molecule has 18 heavy (non-hydrogen) atoms. The third kappa shape index (κ3) is 3.20. The number of hydrogen-bond acceptors (Lipinski definition) is 1. The topological polar surface area (TPSA) is 26.0 Å². The molecule has 1 aromatic rings. The van der Waals surface area contributed by atoms with Crippen LogP contribution in [0.4, 0.5) is 0 Å². The standard InChI is InChI=1S/C15H21Cl2N/c1-10-5-6-11(9-18)12(7-10)8-13-14(16)3-2-4-15(13)17/h2-4,10-12H,5-9,18H2,1H3. The van der Waals surface area contributed by atoms with Gasteiger partial charge in [-0.15, -0.1) is 0 Å². The summed E-state index contributed by atoms with van der Waals surface area (Å²) in [5.74, 6) is 2.03. The summed E-state index contributed by atoms with van der Waals surface area (Å²) in [6, 6.07) is 5.75. The van der Waals surface area contributed by atoms with Crippen molar-refractivity contribution in [3.63, 3.8) is 0 Å². The van der Waals surface area contributed by atoms with Crippen LogP contribution in [0.5, 0.6) is 0 Å². The lowest BCUT2D eigenvalue weighted by molar-refractivity contribution is 0.193. The van der Waals surface area contributed by atoms with Gasteiger partial charge in [-0.05, 0) is 61.3 Å². The Hall–Kier alpha value is -0.240. The van der Waals surface area contributed by atoms with Crippen LogP contribution in [-0.4, -0.2) is 6.54 Å². The first kappa shape index (κ1) is 14.2. The molecule has 2 N–H and O–H groups in total. The molecule has 1 nitrogen and oxygen atoms in total. The van der Waals surface area contributed by atoms with E-state index in [1.807, 2.05) is 18.2 Å². The minimum Gasteiger partial charge on any atom is -0.330 e. The summed E-state index contributed by atoms with van der Waals surface area (Å²) in [7, 11) is 0. The van der Waals surface area contributed by atoms with Gasteiger partial charge in [-0.2, -0.15) is 0 Å². The van der Waals surface area contributed by atoms with Crippen LogP contribution in [0.25, 0.3) is 0 Å². The van der Waals surface area contributed by atoms with Crippen molar-refractivity contribution >= 4 is 23.2 Å². The lowest BCUT2D eigenvalue weighted by Gasteiger charge is -2.34. The average molecular weight is 286 g/mol. The van der Waals surface area contributed by atoms with Crippen LogP contribution in [-0.2, 0) is 6.42 Å². The third-order valence-electron chi connectivity index (χ3n) is 4.23. The van der Waals surface area contributed by atoms with Gasteiger partial charge in [-0.1, -0.05) is 42.6 Å². The predicted molar refractivity (Wildman–Crippen MR) is 79.2 cm³/mol. The first-order valence-corrected chi connectivity index (χ1v) is 7.50. The fourth-order valence-electron chi connectivity index (χ4n) is 3.11. The first-order chi connectivity index (χ1) is 8.61. The predicted octanol–water partition coefficient (Wildman–Crippen LogP) is 4.55. The number of hydrogen-bond donors (Lipinski definition) is 1. The molecule has 2 rings (SSSR count). The summed E-state index contributed by atoms with van der Waals surface area (Å²) >= 11 is 12.5. The molecular formula is C15H21Cl2N. The SMILES string of the molecule is CC1CCC(CN)C(Cc2c(Cl)cccc2Cl)C1. The normalized spacial score (nSPS) is 28.3. The highest BCUT2D eigenvalue weighted by atomic mass is 35.5. The summed E-state index contributed by atoms with van der Waals surface area (Å²) in [5.41, 5.74) is 7.00. The van der Waals surface area contributed by atoms with Gasteiger partial charge in [-0.25, -0.2) is 0 Å². The molecule has 0 radical (unpaired) electrons. The van der Waals surface area contributed by atoms with Crippen LogP contribution < -0.4 is 5.73 Å².